The van der Waals surface area contributed by atoms with Gasteiger partial charge < -0.3 is 10.2 Å². The number of nitrogens with one attached hydrogen (secondary N) is 1. The van der Waals surface area contributed by atoms with Crippen molar-refractivity contribution in [2.75, 3.05) is 12.3 Å². The second-order valence-corrected chi connectivity index (χ2v) is 8.97. The Labute approximate surface area is 187 Å². The van der Waals surface area contributed by atoms with Crippen molar-refractivity contribution in [3.8, 4) is 0 Å². The molecule has 2 rings (SSSR count). The third-order valence-corrected chi connectivity index (χ3v) is 5.76. The molecule has 162 valence electrons. The summed E-state index contributed by atoms with van der Waals surface area (Å²) in [5, 5.41) is 3.51. The molecule has 2 aromatic rings. The molecule has 2 aromatic carbocycles. The van der Waals surface area contributed by atoms with Gasteiger partial charge >= 0.3 is 0 Å². The fraction of sp³-hybridized carbons (Fsp3) is 0.391. The first-order valence-electron chi connectivity index (χ1n) is 9.90. The lowest BCUT2D eigenvalue weighted by atomic mass is 10.1. The maximum Gasteiger partial charge on any atom is 0.242 e. The third-order valence-electron chi connectivity index (χ3n) is 4.53. The van der Waals surface area contributed by atoms with E-state index in [1.54, 1.807) is 31.2 Å². The third kappa shape index (κ3) is 7.65. The minimum Gasteiger partial charge on any atom is -0.354 e. The first-order valence-corrected chi connectivity index (χ1v) is 11.4. The van der Waals surface area contributed by atoms with Gasteiger partial charge in [0.1, 0.15) is 11.9 Å². The molecular weight excluding hydrogens is 423 g/mol. The molecule has 1 unspecified atom stereocenters. The highest BCUT2D eigenvalue weighted by atomic mass is 35.5. The summed E-state index contributed by atoms with van der Waals surface area (Å²) in [6.07, 6.45) is 0. The molecule has 0 bridgehead atoms. The number of hydrogen-bond acceptors (Lipinski definition) is 3. The zero-order valence-electron chi connectivity index (χ0n) is 17.5. The number of halogens is 2. The fourth-order valence-electron chi connectivity index (χ4n) is 2.81. The fourth-order valence-corrected chi connectivity index (χ4v) is 3.88. The summed E-state index contributed by atoms with van der Waals surface area (Å²) in [6, 6.07) is 13.1. The van der Waals surface area contributed by atoms with Crippen molar-refractivity contribution in [1.29, 1.82) is 0 Å². The Morgan fingerprint density at radius 2 is 1.87 bits per heavy atom. The van der Waals surface area contributed by atoms with Crippen molar-refractivity contribution < 1.29 is 14.0 Å². The number of rotatable bonds is 10. The van der Waals surface area contributed by atoms with Crippen LogP contribution in [0.4, 0.5) is 4.39 Å². The van der Waals surface area contributed by atoms with E-state index in [2.05, 4.69) is 5.32 Å². The largest absolute Gasteiger partial charge is 0.354 e. The van der Waals surface area contributed by atoms with Crippen molar-refractivity contribution in [2.24, 2.45) is 5.92 Å². The molecule has 0 aliphatic rings. The lowest BCUT2D eigenvalue weighted by molar-refractivity contribution is -0.138. The van der Waals surface area contributed by atoms with Gasteiger partial charge in [-0.25, -0.2) is 4.39 Å². The highest BCUT2D eigenvalue weighted by Crippen LogP contribution is 2.19. The first kappa shape index (κ1) is 24.2. The van der Waals surface area contributed by atoms with Crippen LogP contribution in [0.1, 0.15) is 31.9 Å². The number of amides is 2. The SMILES string of the molecule is CC(C)CNC(=O)C(C)N(Cc1ccccc1F)C(=O)CSCc1cccc(Cl)c1. The average Bonchev–Trinajstić information content (AvgIpc) is 2.70. The highest BCUT2D eigenvalue weighted by Gasteiger charge is 2.26. The zero-order valence-corrected chi connectivity index (χ0v) is 19.1. The first-order chi connectivity index (χ1) is 14.3. The molecule has 4 nitrogen and oxygen atoms in total. The Kier molecular flexibility index (Phi) is 9.66. The summed E-state index contributed by atoms with van der Waals surface area (Å²) >= 11 is 7.44. The molecule has 0 aliphatic carbocycles. The number of carbonyl (C=O) groups is 2. The van der Waals surface area contributed by atoms with Gasteiger partial charge in [-0.3, -0.25) is 9.59 Å². The van der Waals surface area contributed by atoms with Crippen LogP contribution in [0.25, 0.3) is 0 Å². The molecule has 0 spiro atoms. The lowest BCUT2D eigenvalue weighted by Crippen LogP contribution is -2.48. The standard InChI is InChI=1S/C23H28ClFN2O2S/c1-16(2)12-26-23(29)17(3)27(13-19-8-4-5-10-21(19)25)22(28)15-30-14-18-7-6-9-20(24)11-18/h4-11,16-17H,12-15H2,1-3H3,(H,26,29). The Bertz CT molecular complexity index is 863. The minimum absolute atomic E-state index is 0.0412. The van der Waals surface area contributed by atoms with Gasteiger partial charge in [0, 0.05) is 29.4 Å². The molecule has 0 heterocycles. The predicted octanol–water partition coefficient (Wildman–Crippen LogP) is 4.90. The van der Waals surface area contributed by atoms with Crippen LogP contribution >= 0.6 is 23.4 Å². The maximum absolute atomic E-state index is 14.2. The van der Waals surface area contributed by atoms with Gasteiger partial charge in [-0.2, -0.15) is 0 Å². The van der Waals surface area contributed by atoms with Crippen molar-refractivity contribution in [3.63, 3.8) is 0 Å². The van der Waals surface area contributed by atoms with Crippen LogP contribution in [0.3, 0.4) is 0 Å². The predicted molar refractivity (Wildman–Crippen MR) is 122 cm³/mol. The lowest BCUT2D eigenvalue weighted by Gasteiger charge is -2.29. The van der Waals surface area contributed by atoms with E-state index < -0.39 is 11.9 Å². The number of carbonyl (C=O) groups excluding carboxylic acids is 2. The van der Waals surface area contributed by atoms with Crippen LogP contribution in [0.2, 0.25) is 5.02 Å². The Morgan fingerprint density at radius 1 is 1.13 bits per heavy atom. The molecule has 30 heavy (non-hydrogen) atoms. The van der Waals surface area contributed by atoms with Crippen LogP contribution in [0.5, 0.6) is 0 Å². The van der Waals surface area contributed by atoms with E-state index in [4.69, 9.17) is 11.6 Å². The van der Waals surface area contributed by atoms with Crippen molar-refractivity contribution >= 4 is 35.2 Å². The van der Waals surface area contributed by atoms with Crippen molar-refractivity contribution in [3.05, 3.63) is 70.5 Å². The van der Waals surface area contributed by atoms with Gasteiger partial charge in [0.15, 0.2) is 0 Å². The zero-order chi connectivity index (χ0) is 22.1. The summed E-state index contributed by atoms with van der Waals surface area (Å²) in [5.74, 6) is 0.254. The van der Waals surface area contributed by atoms with E-state index in [0.29, 0.717) is 28.8 Å². The second-order valence-electron chi connectivity index (χ2n) is 7.55. The van der Waals surface area contributed by atoms with Gasteiger partial charge in [-0.05, 0) is 36.6 Å². The quantitative estimate of drug-likeness (QED) is 0.560. The number of nitrogens with zero attached hydrogens (tertiary/aromatic N) is 1. The Hall–Kier alpha value is -2.05. The van der Waals surface area contributed by atoms with Crippen molar-refractivity contribution in [2.45, 2.75) is 39.1 Å². The van der Waals surface area contributed by atoms with Crippen LogP contribution in [0.15, 0.2) is 48.5 Å². The number of thioether (sulfide) groups is 1. The van der Waals surface area contributed by atoms with Crippen LogP contribution in [0, 0.1) is 11.7 Å². The van der Waals surface area contributed by atoms with E-state index in [0.717, 1.165) is 5.56 Å². The Balaban J connectivity index is 2.07. The van der Waals surface area contributed by atoms with E-state index in [-0.39, 0.29) is 24.1 Å². The molecule has 2 amide bonds. The normalized spacial score (nSPS) is 11.9. The van der Waals surface area contributed by atoms with Crippen LogP contribution in [-0.4, -0.2) is 35.1 Å². The van der Waals surface area contributed by atoms with E-state index >= 15 is 0 Å². The topological polar surface area (TPSA) is 49.4 Å². The van der Waals surface area contributed by atoms with Gasteiger partial charge in [0.05, 0.1) is 5.75 Å². The summed E-state index contributed by atoms with van der Waals surface area (Å²) in [4.78, 5) is 27.0. The molecule has 0 saturated heterocycles. The van der Waals surface area contributed by atoms with Crippen LogP contribution < -0.4 is 5.32 Å². The molecule has 0 radical (unpaired) electrons. The summed E-state index contributed by atoms with van der Waals surface area (Å²) in [5.41, 5.74) is 1.40. The van der Waals surface area contributed by atoms with Gasteiger partial charge in [0.25, 0.3) is 0 Å². The summed E-state index contributed by atoms with van der Waals surface area (Å²) in [7, 11) is 0. The summed E-state index contributed by atoms with van der Waals surface area (Å²) < 4.78 is 14.2. The molecule has 7 heteroatoms. The minimum atomic E-state index is -0.706. The maximum atomic E-state index is 14.2. The molecule has 0 aromatic heterocycles. The molecule has 0 fully saturated rings. The van der Waals surface area contributed by atoms with E-state index in [1.807, 2.05) is 32.0 Å². The van der Waals surface area contributed by atoms with E-state index in [9.17, 15) is 14.0 Å². The molecule has 1 N–H and O–H groups in total. The van der Waals surface area contributed by atoms with Gasteiger partial charge in [-0.15, -0.1) is 11.8 Å². The molecule has 1 atom stereocenters. The van der Waals surface area contributed by atoms with Crippen molar-refractivity contribution in [1.82, 2.24) is 10.2 Å². The second kappa shape index (κ2) is 12.0. The number of hydrogen-bond donors (Lipinski definition) is 1. The smallest absolute Gasteiger partial charge is 0.242 e. The molecular formula is C23H28ClFN2O2S. The van der Waals surface area contributed by atoms with Gasteiger partial charge in [-0.1, -0.05) is 55.8 Å². The highest BCUT2D eigenvalue weighted by molar-refractivity contribution is 7.99. The summed E-state index contributed by atoms with van der Waals surface area (Å²) in [6.45, 7) is 6.24. The monoisotopic (exact) mass is 450 g/mol. The molecule has 0 aliphatic heterocycles. The van der Waals surface area contributed by atoms with Gasteiger partial charge in [0.2, 0.25) is 11.8 Å². The average molecular weight is 451 g/mol. The molecule has 0 saturated carbocycles. The van der Waals surface area contributed by atoms with Crippen LogP contribution in [-0.2, 0) is 21.9 Å². The number of benzene rings is 2. The van der Waals surface area contributed by atoms with E-state index in [1.165, 1.54) is 22.7 Å². The Morgan fingerprint density at radius 3 is 2.53 bits per heavy atom.